The molecule has 3 aliphatic rings. The molecule has 1 saturated carbocycles. The number of hydrogen-bond acceptors (Lipinski definition) is 3. The van der Waals surface area contributed by atoms with Gasteiger partial charge in [0.2, 0.25) is 0 Å². The van der Waals surface area contributed by atoms with Crippen molar-refractivity contribution in [1.82, 2.24) is 0 Å². The summed E-state index contributed by atoms with van der Waals surface area (Å²) in [6.45, 7) is 0.873. The molecule has 1 atom stereocenters. The normalized spacial score (nSPS) is 34.9. The predicted molar refractivity (Wildman–Crippen MR) is 80.6 cm³/mol. The quantitative estimate of drug-likeness (QED) is 0.743. The van der Waals surface area contributed by atoms with Crippen molar-refractivity contribution in [2.24, 2.45) is 5.92 Å². The Morgan fingerprint density at radius 1 is 0.947 bits per heavy atom. The van der Waals surface area contributed by atoms with Crippen LogP contribution in [0.3, 0.4) is 0 Å². The predicted octanol–water partition coefficient (Wildman–Crippen LogP) is 3.76. The van der Waals surface area contributed by atoms with Crippen molar-refractivity contribution < 1.29 is 9.84 Å². The Balaban J connectivity index is 1.69. The highest BCUT2D eigenvalue weighted by atomic mass is 32.2. The van der Waals surface area contributed by atoms with E-state index < -0.39 is 0 Å². The molecule has 1 spiro atoms. The van der Waals surface area contributed by atoms with E-state index >= 15 is 0 Å². The first-order valence-corrected chi connectivity index (χ1v) is 9.32. The van der Waals surface area contributed by atoms with Crippen molar-refractivity contribution in [2.75, 3.05) is 18.1 Å². The van der Waals surface area contributed by atoms with Gasteiger partial charge in [-0.1, -0.05) is 25.7 Å². The van der Waals surface area contributed by atoms with Gasteiger partial charge in [0, 0.05) is 6.61 Å². The highest BCUT2D eigenvalue weighted by molar-refractivity contribution is 7.99. The summed E-state index contributed by atoms with van der Waals surface area (Å²) in [6.07, 6.45) is 11.7. The molecule has 0 aromatic carbocycles. The average molecular weight is 284 g/mol. The standard InChI is InChI=1S/C16H28O2S/c17-16(6-3-1-2-4-7-16)14-5-10-18-15(13-14)8-11-19-12-9-15/h14,17H,1-13H2. The van der Waals surface area contributed by atoms with Crippen molar-refractivity contribution in [3.63, 3.8) is 0 Å². The fourth-order valence-electron chi connectivity index (χ4n) is 4.33. The average Bonchev–Trinajstić information content (AvgIpc) is 2.66. The molecule has 1 aliphatic carbocycles. The molecule has 0 aromatic heterocycles. The zero-order valence-corrected chi connectivity index (χ0v) is 12.8. The molecule has 0 aromatic rings. The van der Waals surface area contributed by atoms with E-state index in [9.17, 15) is 5.11 Å². The Hall–Kier alpha value is 0.270. The van der Waals surface area contributed by atoms with Gasteiger partial charge in [-0.05, 0) is 55.9 Å². The maximum Gasteiger partial charge on any atom is 0.0702 e. The van der Waals surface area contributed by atoms with Crippen LogP contribution in [0.1, 0.15) is 64.2 Å². The zero-order valence-electron chi connectivity index (χ0n) is 12.0. The Morgan fingerprint density at radius 2 is 1.63 bits per heavy atom. The van der Waals surface area contributed by atoms with Crippen LogP contribution in [0.15, 0.2) is 0 Å². The second kappa shape index (κ2) is 5.95. The van der Waals surface area contributed by atoms with Crippen LogP contribution in [0.2, 0.25) is 0 Å². The Bertz CT molecular complexity index is 286. The number of rotatable bonds is 1. The van der Waals surface area contributed by atoms with E-state index in [4.69, 9.17) is 4.74 Å². The third-order valence-electron chi connectivity index (χ3n) is 5.63. The molecule has 3 fully saturated rings. The van der Waals surface area contributed by atoms with Gasteiger partial charge in [0.1, 0.15) is 0 Å². The van der Waals surface area contributed by atoms with Gasteiger partial charge in [0.05, 0.1) is 11.2 Å². The first-order valence-electron chi connectivity index (χ1n) is 8.17. The van der Waals surface area contributed by atoms with Gasteiger partial charge in [0.25, 0.3) is 0 Å². The number of hydrogen-bond donors (Lipinski definition) is 1. The number of thioether (sulfide) groups is 1. The highest BCUT2D eigenvalue weighted by Gasteiger charge is 2.46. The van der Waals surface area contributed by atoms with Gasteiger partial charge in [-0.15, -0.1) is 0 Å². The maximum absolute atomic E-state index is 11.1. The van der Waals surface area contributed by atoms with Crippen molar-refractivity contribution in [1.29, 1.82) is 0 Å². The molecule has 19 heavy (non-hydrogen) atoms. The topological polar surface area (TPSA) is 29.5 Å². The van der Waals surface area contributed by atoms with Gasteiger partial charge in [0.15, 0.2) is 0 Å². The van der Waals surface area contributed by atoms with E-state index in [1.807, 2.05) is 0 Å². The largest absolute Gasteiger partial charge is 0.390 e. The summed E-state index contributed by atoms with van der Waals surface area (Å²) in [5, 5.41) is 11.1. The summed E-state index contributed by atoms with van der Waals surface area (Å²) >= 11 is 2.06. The second-order valence-corrected chi connectivity index (χ2v) is 8.08. The lowest BCUT2D eigenvalue weighted by molar-refractivity contribution is -0.150. The molecule has 0 bridgehead atoms. The Morgan fingerprint density at radius 3 is 2.32 bits per heavy atom. The summed E-state index contributed by atoms with van der Waals surface area (Å²) in [5.41, 5.74) is -0.256. The lowest BCUT2D eigenvalue weighted by Crippen LogP contribution is -2.49. The summed E-state index contributed by atoms with van der Waals surface area (Å²) in [4.78, 5) is 0. The van der Waals surface area contributed by atoms with Crippen LogP contribution < -0.4 is 0 Å². The highest BCUT2D eigenvalue weighted by Crippen LogP contribution is 2.46. The lowest BCUT2D eigenvalue weighted by Gasteiger charge is -2.48. The van der Waals surface area contributed by atoms with Gasteiger partial charge in [-0.2, -0.15) is 11.8 Å². The minimum Gasteiger partial charge on any atom is -0.390 e. The summed E-state index contributed by atoms with van der Waals surface area (Å²) < 4.78 is 6.18. The zero-order chi connectivity index (χ0) is 13.2. The monoisotopic (exact) mass is 284 g/mol. The first kappa shape index (κ1) is 14.2. The van der Waals surface area contributed by atoms with E-state index in [0.29, 0.717) is 5.92 Å². The van der Waals surface area contributed by atoms with E-state index in [1.54, 1.807) is 0 Å². The SMILES string of the molecule is OC1(C2CCOC3(CCSCC3)C2)CCCCCC1. The van der Waals surface area contributed by atoms with Crippen molar-refractivity contribution in [3.05, 3.63) is 0 Å². The Labute approximate surface area is 121 Å². The molecule has 0 amide bonds. The summed E-state index contributed by atoms with van der Waals surface area (Å²) in [5.74, 6) is 2.97. The van der Waals surface area contributed by atoms with Crippen LogP contribution in [0.5, 0.6) is 0 Å². The van der Waals surface area contributed by atoms with Gasteiger partial charge < -0.3 is 9.84 Å². The van der Waals surface area contributed by atoms with Crippen molar-refractivity contribution >= 4 is 11.8 Å². The third-order valence-corrected chi connectivity index (χ3v) is 6.61. The minimum atomic E-state index is -0.377. The van der Waals surface area contributed by atoms with Crippen LogP contribution in [0.4, 0.5) is 0 Å². The maximum atomic E-state index is 11.1. The smallest absolute Gasteiger partial charge is 0.0702 e. The molecule has 3 rings (SSSR count). The van der Waals surface area contributed by atoms with Crippen LogP contribution in [0.25, 0.3) is 0 Å². The van der Waals surface area contributed by atoms with E-state index in [1.165, 1.54) is 50.0 Å². The molecule has 110 valence electrons. The van der Waals surface area contributed by atoms with Gasteiger partial charge in [-0.3, -0.25) is 0 Å². The van der Waals surface area contributed by atoms with Crippen LogP contribution in [0, 0.1) is 5.92 Å². The molecule has 2 nitrogen and oxygen atoms in total. The van der Waals surface area contributed by atoms with Gasteiger partial charge >= 0.3 is 0 Å². The van der Waals surface area contributed by atoms with Crippen molar-refractivity contribution in [2.45, 2.75) is 75.4 Å². The second-order valence-electron chi connectivity index (χ2n) is 6.85. The molecule has 1 N–H and O–H groups in total. The van der Waals surface area contributed by atoms with E-state index in [0.717, 1.165) is 32.3 Å². The molecule has 1 unspecified atom stereocenters. The molecule has 2 aliphatic heterocycles. The molecular formula is C16H28O2S. The number of ether oxygens (including phenoxy) is 1. The third kappa shape index (κ3) is 3.14. The van der Waals surface area contributed by atoms with Crippen LogP contribution in [-0.2, 0) is 4.74 Å². The molecular weight excluding hydrogens is 256 g/mol. The minimum absolute atomic E-state index is 0.121. The van der Waals surface area contributed by atoms with E-state index in [2.05, 4.69) is 11.8 Å². The molecule has 2 saturated heterocycles. The summed E-state index contributed by atoms with van der Waals surface area (Å²) in [7, 11) is 0. The molecule has 3 heteroatoms. The molecule has 0 radical (unpaired) electrons. The first-order chi connectivity index (χ1) is 9.23. The van der Waals surface area contributed by atoms with Crippen LogP contribution in [-0.4, -0.2) is 34.4 Å². The molecule has 2 heterocycles. The van der Waals surface area contributed by atoms with E-state index in [-0.39, 0.29) is 11.2 Å². The summed E-state index contributed by atoms with van der Waals surface area (Å²) in [6, 6.07) is 0. The fraction of sp³-hybridized carbons (Fsp3) is 1.00. The van der Waals surface area contributed by atoms with Gasteiger partial charge in [-0.25, -0.2) is 0 Å². The number of aliphatic hydroxyl groups is 1. The fourth-order valence-corrected chi connectivity index (χ4v) is 5.56. The Kier molecular flexibility index (Phi) is 4.45. The lowest BCUT2D eigenvalue weighted by atomic mass is 9.71. The van der Waals surface area contributed by atoms with Crippen molar-refractivity contribution in [3.8, 4) is 0 Å². The van der Waals surface area contributed by atoms with Crippen LogP contribution >= 0.6 is 11.8 Å².